The number of benzene rings is 4. The van der Waals surface area contributed by atoms with Crippen LogP contribution in [0.15, 0.2) is 109 Å². The van der Waals surface area contributed by atoms with Gasteiger partial charge in [-0.3, -0.25) is 4.79 Å². The van der Waals surface area contributed by atoms with Crippen molar-refractivity contribution in [3.8, 4) is 11.1 Å². The quantitative estimate of drug-likeness (QED) is 0.412. The predicted octanol–water partition coefficient (Wildman–Crippen LogP) is 6.14. The van der Waals surface area contributed by atoms with E-state index < -0.39 is 0 Å². The monoisotopic (exact) mass is 389 g/mol. The molecule has 0 fully saturated rings. The Balaban J connectivity index is 1.43. The second-order valence-electron chi connectivity index (χ2n) is 7.79. The zero-order valence-electron chi connectivity index (χ0n) is 16.7. The number of rotatable bonds is 3. The second-order valence-corrected chi connectivity index (χ2v) is 7.79. The maximum Gasteiger partial charge on any atom is 0.254 e. The molecule has 1 heterocycles. The van der Waals surface area contributed by atoms with Crippen molar-refractivity contribution in [2.24, 2.45) is 0 Å². The van der Waals surface area contributed by atoms with Crippen molar-refractivity contribution in [1.82, 2.24) is 4.90 Å². The molecule has 0 aliphatic carbocycles. The van der Waals surface area contributed by atoms with Gasteiger partial charge in [0.15, 0.2) is 0 Å². The molecule has 0 saturated heterocycles. The minimum absolute atomic E-state index is 0.0880. The largest absolute Gasteiger partial charge is 0.333 e. The maximum absolute atomic E-state index is 13.4. The zero-order valence-corrected chi connectivity index (χ0v) is 16.7. The summed E-state index contributed by atoms with van der Waals surface area (Å²) in [6, 6.07) is 37.2. The first kappa shape index (κ1) is 18.4. The molecular weight excluding hydrogens is 366 g/mol. The molecule has 0 bridgehead atoms. The van der Waals surface area contributed by atoms with Crippen LogP contribution in [0.5, 0.6) is 0 Å². The molecule has 4 aromatic rings. The molecule has 1 unspecified atom stereocenters. The van der Waals surface area contributed by atoms with E-state index in [1.165, 1.54) is 16.7 Å². The molecule has 0 saturated carbocycles. The van der Waals surface area contributed by atoms with E-state index in [2.05, 4.69) is 60.7 Å². The van der Waals surface area contributed by atoms with Gasteiger partial charge in [0.25, 0.3) is 5.91 Å². The lowest BCUT2D eigenvalue weighted by atomic mass is 9.84. The standard InChI is InChI=1S/C28H23NO/c30-28(24-17-15-22(16-18-24)21-9-3-1-4-10-21)29-19-25-13-7-8-14-26(25)27(20-29)23-11-5-2-6-12-23/h1-18,27H,19-20H2. The Morgan fingerprint density at radius 2 is 1.27 bits per heavy atom. The van der Waals surface area contributed by atoms with E-state index in [1.54, 1.807) is 0 Å². The Bertz CT molecular complexity index is 1150. The van der Waals surface area contributed by atoms with Gasteiger partial charge < -0.3 is 4.90 Å². The van der Waals surface area contributed by atoms with Crippen molar-refractivity contribution in [2.45, 2.75) is 12.5 Å². The molecule has 146 valence electrons. The van der Waals surface area contributed by atoms with Crippen LogP contribution in [0.4, 0.5) is 0 Å². The van der Waals surface area contributed by atoms with Crippen LogP contribution in [0, 0.1) is 0 Å². The van der Waals surface area contributed by atoms with E-state index in [4.69, 9.17) is 0 Å². The van der Waals surface area contributed by atoms with Gasteiger partial charge in [-0.05, 0) is 39.9 Å². The summed E-state index contributed by atoms with van der Waals surface area (Å²) in [6.07, 6.45) is 0. The van der Waals surface area contributed by atoms with Crippen LogP contribution in [0.25, 0.3) is 11.1 Å². The normalized spacial score (nSPS) is 15.5. The highest BCUT2D eigenvalue weighted by molar-refractivity contribution is 5.95. The molecule has 0 N–H and O–H groups in total. The van der Waals surface area contributed by atoms with Crippen LogP contribution in [0.1, 0.15) is 33.0 Å². The number of carbonyl (C=O) groups excluding carboxylic acids is 1. The molecule has 2 nitrogen and oxygen atoms in total. The summed E-state index contributed by atoms with van der Waals surface area (Å²) in [6.45, 7) is 1.35. The van der Waals surface area contributed by atoms with E-state index in [-0.39, 0.29) is 11.8 Å². The highest BCUT2D eigenvalue weighted by Gasteiger charge is 2.29. The lowest BCUT2D eigenvalue weighted by Crippen LogP contribution is -2.38. The minimum Gasteiger partial charge on any atom is -0.333 e. The smallest absolute Gasteiger partial charge is 0.254 e. The van der Waals surface area contributed by atoms with Crippen LogP contribution >= 0.6 is 0 Å². The molecule has 0 aromatic heterocycles. The third kappa shape index (κ3) is 3.53. The average molecular weight is 389 g/mol. The average Bonchev–Trinajstić information content (AvgIpc) is 2.84. The number of amides is 1. The SMILES string of the molecule is O=C(c1ccc(-c2ccccc2)cc1)N1Cc2ccccc2C(c2ccccc2)C1. The van der Waals surface area contributed by atoms with Gasteiger partial charge in [-0.15, -0.1) is 0 Å². The highest BCUT2D eigenvalue weighted by atomic mass is 16.2. The zero-order chi connectivity index (χ0) is 20.3. The molecule has 2 heteroatoms. The Labute approximate surface area is 177 Å². The first-order valence-corrected chi connectivity index (χ1v) is 10.4. The summed E-state index contributed by atoms with van der Waals surface area (Å²) in [5.41, 5.74) is 6.83. The number of hydrogen-bond donors (Lipinski definition) is 0. The van der Waals surface area contributed by atoms with Crippen LogP contribution in [-0.4, -0.2) is 17.4 Å². The number of nitrogens with zero attached hydrogens (tertiary/aromatic N) is 1. The summed E-state index contributed by atoms with van der Waals surface area (Å²) in [5.74, 6) is 0.286. The predicted molar refractivity (Wildman–Crippen MR) is 121 cm³/mol. The van der Waals surface area contributed by atoms with Gasteiger partial charge in [0.05, 0.1) is 0 Å². The fourth-order valence-electron chi connectivity index (χ4n) is 4.35. The van der Waals surface area contributed by atoms with Crippen molar-refractivity contribution in [1.29, 1.82) is 0 Å². The first-order chi connectivity index (χ1) is 14.8. The van der Waals surface area contributed by atoms with Crippen molar-refractivity contribution in [2.75, 3.05) is 6.54 Å². The van der Waals surface area contributed by atoms with E-state index in [9.17, 15) is 4.79 Å². The molecule has 1 amide bonds. The van der Waals surface area contributed by atoms with E-state index >= 15 is 0 Å². The van der Waals surface area contributed by atoms with Crippen LogP contribution in [0.3, 0.4) is 0 Å². The minimum atomic E-state index is 0.0880. The van der Waals surface area contributed by atoms with E-state index in [0.717, 1.165) is 16.7 Å². The number of hydrogen-bond acceptors (Lipinski definition) is 1. The van der Waals surface area contributed by atoms with Gasteiger partial charge in [-0.2, -0.15) is 0 Å². The van der Waals surface area contributed by atoms with E-state index in [0.29, 0.717) is 13.1 Å². The lowest BCUT2D eigenvalue weighted by Gasteiger charge is -2.35. The molecule has 0 spiro atoms. The van der Waals surface area contributed by atoms with Crippen molar-refractivity contribution in [3.63, 3.8) is 0 Å². The highest BCUT2D eigenvalue weighted by Crippen LogP contribution is 2.34. The molecule has 5 rings (SSSR count). The van der Waals surface area contributed by atoms with Gasteiger partial charge >= 0.3 is 0 Å². The number of fused-ring (bicyclic) bond motifs is 1. The summed E-state index contributed by atoms with van der Waals surface area (Å²) in [5, 5.41) is 0. The maximum atomic E-state index is 13.4. The lowest BCUT2D eigenvalue weighted by molar-refractivity contribution is 0.0725. The fraction of sp³-hybridized carbons (Fsp3) is 0.107. The summed E-state index contributed by atoms with van der Waals surface area (Å²) >= 11 is 0. The van der Waals surface area contributed by atoms with Crippen molar-refractivity contribution < 1.29 is 4.79 Å². The second kappa shape index (κ2) is 8.00. The third-order valence-electron chi connectivity index (χ3n) is 5.92. The molecule has 4 aromatic carbocycles. The Morgan fingerprint density at radius 1 is 0.667 bits per heavy atom. The van der Waals surface area contributed by atoms with Gasteiger partial charge in [0.2, 0.25) is 0 Å². The molecule has 1 aliphatic heterocycles. The van der Waals surface area contributed by atoms with Crippen LogP contribution < -0.4 is 0 Å². The number of carbonyl (C=O) groups is 1. The molecular formula is C28H23NO. The molecule has 0 radical (unpaired) electrons. The summed E-state index contributed by atoms with van der Waals surface area (Å²) in [7, 11) is 0. The fourth-order valence-corrected chi connectivity index (χ4v) is 4.35. The topological polar surface area (TPSA) is 20.3 Å². The van der Waals surface area contributed by atoms with Crippen LogP contribution in [0.2, 0.25) is 0 Å². The van der Waals surface area contributed by atoms with Crippen LogP contribution in [-0.2, 0) is 6.54 Å². The van der Waals surface area contributed by atoms with Crippen molar-refractivity contribution >= 4 is 5.91 Å². The summed E-state index contributed by atoms with van der Waals surface area (Å²) < 4.78 is 0. The summed E-state index contributed by atoms with van der Waals surface area (Å²) in [4.78, 5) is 15.3. The van der Waals surface area contributed by atoms with E-state index in [1.807, 2.05) is 53.4 Å². The first-order valence-electron chi connectivity index (χ1n) is 10.4. The van der Waals surface area contributed by atoms with Gasteiger partial charge in [-0.25, -0.2) is 0 Å². The third-order valence-corrected chi connectivity index (χ3v) is 5.92. The van der Waals surface area contributed by atoms with Gasteiger partial charge in [-0.1, -0.05) is 97.1 Å². The Kier molecular flexibility index (Phi) is 4.90. The Hall–Kier alpha value is -3.65. The van der Waals surface area contributed by atoms with Gasteiger partial charge in [0.1, 0.15) is 0 Å². The molecule has 30 heavy (non-hydrogen) atoms. The molecule has 1 aliphatic rings. The Morgan fingerprint density at radius 3 is 2.00 bits per heavy atom. The van der Waals surface area contributed by atoms with Gasteiger partial charge in [0, 0.05) is 24.6 Å². The van der Waals surface area contributed by atoms with Crippen molar-refractivity contribution in [3.05, 3.63) is 131 Å². The molecule has 1 atom stereocenters.